The molecular formula is C21H17N5O3S2. The zero-order valence-corrected chi connectivity index (χ0v) is 17.8. The monoisotopic (exact) mass is 451 g/mol. The molecular weight excluding hydrogens is 434 g/mol. The van der Waals surface area contributed by atoms with Crippen LogP contribution in [-0.2, 0) is 11.3 Å². The van der Waals surface area contributed by atoms with Crippen molar-refractivity contribution >= 4 is 40.4 Å². The maximum atomic E-state index is 12.5. The minimum Gasteiger partial charge on any atom is -0.320 e. The van der Waals surface area contributed by atoms with E-state index in [0.29, 0.717) is 11.7 Å². The summed E-state index contributed by atoms with van der Waals surface area (Å²) in [7, 11) is 0. The number of para-hydroxylation sites is 2. The van der Waals surface area contributed by atoms with Gasteiger partial charge in [0.15, 0.2) is 11.0 Å². The lowest BCUT2D eigenvalue weighted by atomic mass is 10.2. The standard InChI is InChI=1S/C21H17N5O3S2/c27-19(22-16-9-4-5-10-17(16)26(28)29)14-31-21-24-23-20(18-11-6-12-30-18)25(21)13-15-7-2-1-3-8-15/h1-12H,13-14H2,(H,22,27). The van der Waals surface area contributed by atoms with Crippen LogP contribution in [-0.4, -0.2) is 31.3 Å². The lowest BCUT2D eigenvalue weighted by Crippen LogP contribution is -2.15. The Morgan fingerprint density at radius 1 is 1.06 bits per heavy atom. The number of nitro groups is 1. The summed E-state index contributed by atoms with van der Waals surface area (Å²) in [6.07, 6.45) is 0. The van der Waals surface area contributed by atoms with Crippen molar-refractivity contribution in [2.24, 2.45) is 0 Å². The van der Waals surface area contributed by atoms with Crippen molar-refractivity contribution < 1.29 is 9.72 Å². The van der Waals surface area contributed by atoms with Crippen LogP contribution in [0.1, 0.15) is 5.56 Å². The minimum atomic E-state index is -0.521. The van der Waals surface area contributed by atoms with E-state index in [1.807, 2.05) is 52.4 Å². The molecule has 4 aromatic rings. The summed E-state index contributed by atoms with van der Waals surface area (Å²) in [4.78, 5) is 24.1. The fourth-order valence-corrected chi connectivity index (χ4v) is 4.40. The van der Waals surface area contributed by atoms with Gasteiger partial charge in [-0.25, -0.2) is 0 Å². The molecule has 0 atom stereocenters. The highest BCUT2D eigenvalue weighted by atomic mass is 32.2. The first kappa shape index (κ1) is 20.8. The van der Waals surface area contributed by atoms with Crippen LogP contribution in [0, 0.1) is 10.1 Å². The smallest absolute Gasteiger partial charge is 0.292 e. The number of nitrogens with one attached hydrogen (secondary N) is 1. The molecule has 1 amide bonds. The second kappa shape index (κ2) is 9.54. The molecule has 0 saturated carbocycles. The molecule has 0 radical (unpaired) electrons. The molecule has 0 aliphatic carbocycles. The molecule has 0 bridgehead atoms. The van der Waals surface area contributed by atoms with Gasteiger partial charge in [0, 0.05) is 6.07 Å². The lowest BCUT2D eigenvalue weighted by molar-refractivity contribution is -0.383. The summed E-state index contributed by atoms with van der Waals surface area (Å²) >= 11 is 2.81. The Bertz CT molecular complexity index is 1190. The average Bonchev–Trinajstić information content (AvgIpc) is 3.43. The van der Waals surface area contributed by atoms with Gasteiger partial charge >= 0.3 is 0 Å². The van der Waals surface area contributed by atoms with Crippen LogP contribution < -0.4 is 5.32 Å². The number of carbonyl (C=O) groups is 1. The van der Waals surface area contributed by atoms with Gasteiger partial charge in [-0.2, -0.15) is 0 Å². The average molecular weight is 452 g/mol. The number of nitrogens with zero attached hydrogens (tertiary/aromatic N) is 4. The van der Waals surface area contributed by atoms with E-state index in [1.165, 1.54) is 23.9 Å². The van der Waals surface area contributed by atoms with Crippen molar-refractivity contribution in [1.29, 1.82) is 0 Å². The van der Waals surface area contributed by atoms with Crippen molar-refractivity contribution in [2.45, 2.75) is 11.7 Å². The second-order valence-corrected chi connectivity index (χ2v) is 8.36. The van der Waals surface area contributed by atoms with E-state index in [-0.39, 0.29) is 23.0 Å². The molecule has 0 unspecified atom stereocenters. The molecule has 0 aliphatic rings. The first-order chi connectivity index (χ1) is 15.1. The molecule has 10 heteroatoms. The molecule has 1 N–H and O–H groups in total. The number of aromatic nitrogens is 3. The zero-order chi connectivity index (χ0) is 21.6. The van der Waals surface area contributed by atoms with E-state index in [2.05, 4.69) is 15.5 Å². The third kappa shape index (κ3) is 4.98. The van der Waals surface area contributed by atoms with Gasteiger partial charge in [0.25, 0.3) is 5.69 Å². The van der Waals surface area contributed by atoms with Crippen molar-refractivity contribution in [3.63, 3.8) is 0 Å². The Kier molecular flexibility index (Phi) is 6.39. The number of benzene rings is 2. The van der Waals surface area contributed by atoms with Gasteiger partial charge in [-0.1, -0.05) is 60.3 Å². The minimum absolute atomic E-state index is 0.0451. The number of amides is 1. The lowest BCUT2D eigenvalue weighted by Gasteiger charge is -2.10. The van der Waals surface area contributed by atoms with Gasteiger partial charge in [-0.05, 0) is 23.1 Å². The number of anilines is 1. The van der Waals surface area contributed by atoms with E-state index in [1.54, 1.807) is 23.5 Å². The number of thioether (sulfide) groups is 1. The van der Waals surface area contributed by atoms with Crippen molar-refractivity contribution in [2.75, 3.05) is 11.1 Å². The molecule has 2 aromatic heterocycles. The molecule has 4 rings (SSSR count). The maximum absolute atomic E-state index is 12.5. The van der Waals surface area contributed by atoms with Gasteiger partial charge in [0.2, 0.25) is 5.91 Å². The first-order valence-electron chi connectivity index (χ1n) is 9.29. The van der Waals surface area contributed by atoms with Crippen LogP contribution >= 0.6 is 23.1 Å². The summed E-state index contributed by atoms with van der Waals surface area (Å²) in [5.74, 6) is 0.426. The number of rotatable bonds is 8. The van der Waals surface area contributed by atoms with Crippen LogP contribution in [0.25, 0.3) is 10.7 Å². The van der Waals surface area contributed by atoms with E-state index >= 15 is 0 Å². The quantitative estimate of drug-likeness (QED) is 0.237. The van der Waals surface area contributed by atoms with E-state index in [9.17, 15) is 14.9 Å². The number of hydrogen-bond donors (Lipinski definition) is 1. The first-order valence-corrected chi connectivity index (χ1v) is 11.2. The molecule has 0 saturated heterocycles. The van der Waals surface area contributed by atoms with Crippen LogP contribution in [0.3, 0.4) is 0 Å². The predicted octanol–water partition coefficient (Wildman–Crippen LogP) is 4.69. The van der Waals surface area contributed by atoms with Gasteiger partial charge < -0.3 is 5.32 Å². The van der Waals surface area contributed by atoms with E-state index in [0.717, 1.165) is 16.3 Å². The SMILES string of the molecule is O=C(CSc1nnc(-c2cccs2)n1Cc1ccccc1)Nc1ccccc1[N+](=O)[O-]. The predicted molar refractivity (Wildman–Crippen MR) is 121 cm³/mol. The molecule has 2 heterocycles. The molecule has 156 valence electrons. The summed E-state index contributed by atoms with van der Waals surface area (Å²) in [6.45, 7) is 0.565. The van der Waals surface area contributed by atoms with Gasteiger partial charge in [0.1, 0.15) is 5.69 Å². The second-order valence-electron chi connectivity index (χ2n) is 6.47. The number of hydrogen-bond acceptors (Lipinski definition) is 7. The van der Waals surface area contributed by atoms with Crippen LogP contribution in [0.4, 0.5) is 11.4 Å². The highest BCUT2D eigenvalue weighted by molar-refractivity contribution is 7.99. The third-order valence-corrected chi connectivity index (χ3v) is 6.18. The molecule has 2 aromatic carbocycles. The third-order valence-electron chi connectivity index (χ3n) is 4.35. The Labute approximate surface area is 186 Å². The van der Waals surface area contributed by atoms with Crippen LogP contribution in [0.2, 0.25) is 0 Å². The van der Waals surface area contributed by atoms with Crippen LogP contribution in [0.15, 0.2) is 77.3 Å². The Morgan fingerprint density at radius 3 is 2.58 bits per heavy atom. The molecule has 8 nitrogen and oxygen atoms in total. The number of thiophene rings is 1. The van der Waals surface area contributed by atoms with Crippen LogP contribution in [0.5, 0.6) is 0 Å². The Hall–Kier alpha value is -3.50. The summed E-state index contributed by atoms with van der Waals surface area (Å²) < 4.78 is 1.98. The fraction of sp³-hybridized carbons (Fsp3) is 0.0952. The number of nitro benzene ring substituents is 1. The van der Waals surface area contributed by atoms with Crippen molar-refractivity contribution in [3.05, 3.63) is 87.8 Å². The Morgan fingerprint density at radius 2 is 1.84 bits per heavy atom. The zero-order valence-electron chi connectivity index (χ0n) is 16.2. The van der Waals surface area contributed by atoms with Gasteiger partial charge in [0.05, 0.1) is 22.1 Å². The maximum Gasteiger partial charge on any atom is 0.292 e. The van der Waals surface area contributed by atoms with Gasteiger partial charge in [-0.15, -0.1) is 21.5 Å². The van der Waals surface area contributed by atoms with Gasteiger partial charge in [-0.3, -0.25) is 19.5 Å². The molecule has 0 fully saturated rings. The summed E-state index contributed by atoms with van der Waals surface area (Å²) in [5.41, 5.74) is 1.11. The van der Waals surface area contributed by atoms with Crippen molar-refractivity contribution in [1.82, 2.24) is 14.8 Å². The van der Waals surface area contributed by atoms with Crippen molar-refractivity contribution in [3.8, 4) is 10.7 Å². The Balaban J connectivity index is 1.52. The van der Waals surface area contributed by atoms with E-state index < -0.39 is 4.92 Å². The summed E-state index contributed by atoms with van der Waals surface area (Å²) in [6, 6.07) is 19.9. The largest absolute Gasteiger partial charge is 0.320 e. The molecule has 0 aliphatic heterocycles. The molecule has 31 heavy (non-hydrogen) atoms. The highest BCUT2D eigenvalue weighted by Gasteiger charge is 2.18. The fourth-order valence-electron chi connectivity index (χ4n) is 2.95. The highest BCUT2D eigenvalue weighted by Crippen LogP contribution is 2.29. The summed E-state index contributed by atoms with van der Waals surface area (Å²) in [5, 5.41) is 25.0. The topological polar surface area (TPSA) is 103 Å². The van der Waals surface area contributed by atoms with E-state index in [4.69, 9.17) is 0 Å². The molecule has 0 spiro atoms. The number of carbonyl (C=O) groups excluding carboxylic acids is 1. The normalized spacial score (nSPS) is 10.7.